The van der Waals surface area contributed by atoms with Gasteiger partial charge in [0.2, 0.25) is 0 Å². The SMILES string of the molecule is CCC(C)(CN)N1CCOCC1(C)C. The van der Waals surface area contributed by atoms with Gasteiger partial charge in [-0.25, -0.2) is 0 Å². The van der Waals surface area contributed by atoms with Crippen LogP contribution >= 0.6 is 0 Å². The van der Waals surface area contributed by atoms with Crippen molar-refractivity contribution in [3.63, 3.8) is 0 Å². The molecule has 2 N–H and O–H groups in total. The van der Waals surface area contributed by atoms with Crippen molar-refractivity contribution in [1.29, 1.82) is 0 Å². The van der Waals surface area contributed by atoms with E-state index in [1.807, 2.05) is 0 Å². The number of nitrogens with zero attached hydrogens (tertiary/aromatic N) is 1. The van der Waals surface area contributed by atoms with E-state index in [1.54, 1.807) is 0 Å². The molecule has 0 aromatic rings. The summed E-state index contributed by atoms with van der Waals surface area (Å²) in [5.41, 5.74) is 6.12. The average Bonchev–Trinajstić information content (AvgIpc) is 2.16. The van der Waals surface area contributed by atoms with E-state index in [2.05, 4.69) is 32.6 Å². The number of ether oxygens (including phenoxy) is 1. The summed E-state index contributed by atoms with van der Waals surface area (Å²) in [6.45, 7) is 12.3. The summed E-state index contributed by atoms with van der Waals surface area (Å²) in [6.07, 6.45) is 1.09. The predicted octanol–water partition coefficient (Wildman–Crippen LogP) is 1.22. The Kier molecular flexibility index (Phi) is 3.56. The molecular weight excluding hydrogens is 176 g/mol. The van der Waals surface area contributed by atoms with Crippen LogP contribution in [0.25, 0.3) is 0 Å². The van der Waals surface area contributed by atoms with Gasteiger partial charge in [-0.1, -0.05) is 6.92 Å². The lowest BCUT2D eigenvalue weighted by Crippen LogP contribution is -2.64. The van der Waals surface area contributed by atoms with Gasteiger partial charge in [-0.2, -0.15) is 0 Å². The van der Waals surface area contributed by atoms with Gasteiger partial charge in [-0.15, -0.1) is 0 Å². The Morgan fingerprint density at radius 3 is 2.57 bits per heavy atom. The van der Waals surface area contributed by atoms with Gasteiger partial charge < -0.3 is 10.5 Å². The number of nitrogens with two attached hydrogens (primary N) is 1. The smallest absolute Gasteiger partial charge is 0.0645 e. The molecule has 1 saturated heterocycles. The van der Waals surface area contributed by atoms with Crippen LogP contribution < -0.4 is 5.73 Å². The largest absolute Gasteiger partial charge is 0.378 e. The summed E-state index contributed by atoms with van der Waals surface area (Å²) in [5.74, 6) is 0. The molecule has 1 fully saturated rings. The van der Waals surface area contributed by atoms with Crippen molar-refractivity contribution >= 4 is 0 Å². The van der Waals surface area contributed by atoms with Crippen LogP contribution in [-0.2, 0) is 4.74 Å². The molecule has 3 nitrogen and oxygen atoms in total. The monoisotopic (exact) mass is 200 g/mol. The molecule has 14 heavy (non-hydrogen) atoms. The molecule has 1 atom stereocenters. The van der Waals surface area contributed by atoms with Gasteiger partial charge in [0.05, 0.1) is 13.2 Å². The molecule has 3 heteroatoms. The molecule has 0 bridgehead atoms. The van der Waals surface area contributed by atoms with E-state index < -0.39 is 0 Å². The number of hydrogen-bond donors (Lipinski definition) is 1. The molecule has 0 aromatic carbocycles. The first-order chi connectivity index (χ1) is 6.46. The van der Waals surface area contributed by atoms with Gasteiger partial charge in [0.1, 0.15) is 0 Å². The van der Waals surface area contributed by atoms with Gasteiger partial charge in [-0.05, 0) is 27.2 Å². The van der Waals surface area contributed by atoms with Gasteiger partial charge in [0, 0.05) is 24.2 Å². The third-order valence-electron chi connectivity index (χ3n) is 3.50. The number of hydrogen-bond acceptors (Lipinski definition) is 3. The summed E-state index contributed by atoms with van der Waals surface area (Å²) in [7, 11) is 0. The summed E-state index contributed by atoms with van der Waals surface area (Å²) >= 11 is 0. The topological polar surface area (TPSA) is 38.5 Å². The van der Waals surface area contributed by atoms with E-state index in [4.69, 9.17) is 10.5 Å². The zero-order valence-electron chi connectivity index (χ0n) is 9.97. The summed E-state index contributed by atoms with van der Waals surface area (Å²) in [6, 6.07) is 0. The Morgan fingerprint density at radius 1 is 1.50 bits per heavy atom. The van der Waals surface area contributed by atoms with Crippen molar-refractivity contribution in [3.8, 4) is 0 Å². The minimum atomic E-state index is 0.113. The van der Waals surface area contributed by atoms with Gasteiger partial charge >= 0.3 is 0 Å². The maximum absolute atomic E-state index is 5.89. The first-order valence-electron chi connectivity index (χ1n) is 5.52. The van der Waals surface area contributed by atoms with Crippen molar-refractivity contribution in [2.24, 2.45) is 5.73 Å². The summed E-state index contributed by atoms with van der Waals surface area (Å²) in [4.78, 5) is 2.50. The Morgan fingerprint density at radius 2 is 2.14 bits per heavy atom. The second-order valence-corrected chi connectivity index (χ2v) is 5.07. The molecule has 1 heterocycles. The van der Waals surface area contributed by atoms with Gasteiger partial charge in [-0.3, -0.25) is 4.90 Å². The van der Waals surface area contributed by atoms with Crippen molar-refractivity contribution < 1.29 is 4.74 Å². The Hall–Kier alpha value is -0.120. The lowest BCUT2D eigenvalue weighted by atomic mass is 9.89. The van der Waals surface area contributed by atoms with E-state index >= 15 is 0 Å². The zero-order chi connectivity index (χ0) is 10.8. The highest BCUT2D eigenvalue weighted by atomic mass is 16.5. The fourth-order valence-corrected chi connectivity index (χ4v) is 2.30. The fourth-order valence-electron chi connectivity index (χ4n) is 2.30. The van der Waals surface area contributed by atoms with Crippen molar-refractivity contribution in [1.82, 2.24) is 4.90 Å². The molecule has 0 aromatic heterocycles. The van der Waals surface area contributed by atoms with Crippen LogP contribution in [0.15, 0.2) is 0 Å². The van der Waals surface area contributed by atoms with E-state index in [9.17, 15) is 0 Å². The van der Waals surface area contributed by atoms with Crippen LogP contribution in [0.4, 0.5) is 0 Å². The molecule has 0 radical (unpaired) electrons. The Labute approximate surface area is 87.6 Å². The average molecular weight is 200 g/mol. The number of rotatable bonds is 3. The van der Waals surface area contributed by atoms with Crippen molar-refractivity contribution in [3.05, 3.63) is 0 Å². The Bertz CT molecular complexity index is 188. The third-order valence-corrected chi connectivity index (χ3v) is 3.50. The molecule has 1 aliphatic heterocycles. The van der Waals surface area contributed by atoms with Gasteiger partial charge in [0.25, 0.3) is 0 Å². The van der Waals surface area contributed by atoms with E-state index in [1.165, 1.54) is 0 Å². The normalized spacial score (nSPS) is 27.2. The molecule has 0 spiro atoms. The van der Waals surface area contributed by atoms with Crippen LogP contribution in [-0.4, -0.2) is 42.3 Å². The van der Waals surface area contributed by atoms with Crippen LogP contribution in [0, 0.1) is 0 Å². The summed E-state index contributed by atoms with van der Waals surface area (Å²) < 4.78 is 5.52. The predicted molar refractivity (Wildman–Crippen MR) is 59.4 cm³/mol. The van der Waals surface area contributed by atoms with Crippen molar-refractivity contribution in [2.45, 2.75) is 45.2 Å². The lowest BCUT2D eigenvalue weighted by Gasteiger charge is -2.52. The van der Waals surface area contributed by atoms with Crippen LogP contribution in [0.3, 0.4) is 0 Å². The maximum atomic E-state index is 5.89. The van der Waals surface area contributed by atoms with Crippen LogP contribution in [0.2, 0.25) is 0 Å². The molecule has 84 valence electrons. The lowest BCUT2D eigenvalue weighted by molar-refractivity contribution is -0.0994. The minimum absolute atomic E-state index is 0.113. The first-order valence-corrected chi connectivity index (χ1v) is 5.52. The fraction of sp³-hybridized carbons (Fsp3) is 1.00. The molecule has 1 rings (SSSR count). The molecule has 0 amide bonds. The third kappa shape index (κ3) is 2.10. The van der Waals surface area contributed by atoms with E-state index in [0.717, 1.165) is 26.2 Å². The molecule has 0 saturated carbocycles. The molecule has 0 aliphatic carbocycles. The zero-order valence-corrected chi connectivity index (χ0v) is 9.97. The highest BCUT2D eigenvalue weighted by molar-refractivity contribution is 4.96. The number of morpholine rings is 1. The quantitative estimate of drug-likeness (QED) is 0.744. The van der Waals surface area contributed by atoms with Crippen LogP contribution in [0.1, 0.15) is 34.1 Å². The van der Waals surface area contributed by atoms with Gasteiger partial charge in [0.15, 0.2) is 0 Å². The van der Waals surface area contributed by atoms with Crippen LogP contribution in [0.5, 0.6) is 0 Å². The second kappa shape index (κ2) is 4.17. The maximum Gasteiger partial charge on any atom is 0.0645 e. The first kappa shape index (κ1) is 12.0. The molecule has 1 aliphatic rings. The standard InChI is InChI=1S/C11H24N2O/c1-5-11(4,8-12)13-6-7-14-9-10(13,2)3/h5-9,12H2,1-4H3. The Balaban J connectivity index is 2.82. The molecule has 1 unspecified atom stereocenters. The second-order valence-electron chi connectivity index (χ2n) is 5.07. The highest BCUT2D eigenvalue weighted by Crippen LogP contribution is 2.29. The van der Waals surface area contributed by atoms with Crippen molar-refractivity contribution in [2.75, 3.05) is 26.3 Å². The van der Waals surface area contributed by atoms with E-state index in [0.29, 0.717) is 6.54 Å². The minimum Gasteiger partial charge on any atom is -0.378 e. The van der Waals surface area contributed by atoms with E-state index in [-0.39, 0.29) is 11.1 Å². The summed E-state index contributed by atoms with van der Waals surface area (Å²) in [5, 5.41) is 0. The molecular formula is C11H24N2O. The highest BCUT2D eigenvalue weighted by Gasteiger charge is 2.40.